The minimum absolute atomic E-state index is 0.243. The molecule has 0 aromatic heterocycles. The molecule has 3 nitrogen and oxygen atoms in total. The molecular weight excluding hydrogens is 204 g/mol. The second-order valence-corrected chi connectivity index (χ2v) is 4.54. The number of aliphatic hydroxyl groups excluding tert-OH is 1. The molecule has 0 heterocycles. The highest BCUT2D eigenvalue weighted by atomic mass is 16.4. The third kappa shape index (κ3) is 1.43. The molecule has 0 radical (unpaired) electrons. The first-order valence-electron chi connectivity index (χ1n) is 5.56. The van der Waals surface area contributed by atoms with Crippen LogP contribution < -0.4 is 0 Å². The maximum atomic E-state index is 11.6. The fourth-order valence-electron chi connectivity index (χ4n) is 2.75. The Morgan fingerprint density at radius 1 is 1.38 bits per heavy atom. The third-order valence-electron chi connectivity index (χ3n) is 3.86. The number of hydrogen-bond donors (Lipinski definition) is 2. The lowest BCUT2D eigenvalue weighted by atomic mass is 9.72. The molecule has 0 saturated heterocycles. The van der Waals surface area contributed by atoms with Crippen molar-refractivity contribution in [3.8, 4) is 0 Å². The molecule has 0 amide bonds. The summed E-state index contributed by atoms with van der Waals surface area (Å²) in [7, 11) is 0. The van der Waals surface area contributed by atoms with Crippen molar-refractivity contribution >= 4 is 5.97 Å². The summed E-state index contributed by atoms with van der Waals surface area (Å²) in [6.45, 7) is 1.82. The minimum Gasteiger partial charge on any atom is -0.481 e. The van der Waals surface area contributed by atoms with Crippen LogP contribution in [0.4, 0.5) is 0 Å². The number of aliphatic carboxylic acids is 1. The number of carboxylic acids is 1. The summed E-state index contributed by atoms with van der Waals surface area (Å²) in [5.41, 5.74) is -0.118. The number of carbonyl (C=O) groups is 1. The Hall–Kier alpha value is -1.35. The Labute approximate surface area is 94.7 Å². The monoisotopic (exact) mass is 220 g/mol. The molecule has 0 aliphatic heterocycles. The highest BCUT2D eigenvalue weighted by Gasteiger charge is 2.52. The largest absolute Gasteiger partial charge is 0.481 e. The van der Waals surface area contributed by atoms with Gasteiger partial charge in [-0.05, 0) is 18.4 Å². The molecular formula is C13H16O3. The van der Waals surface area contributed by atoms with E-state index in [9.17, 15) is 15.0 Å². The Bertz CT molecular complexity index is 387. The van der Waals surface area contributed by atoms with E-state index in [-0.39, 0.29) is 5.92 Å². The number of hydrogen-bond acceptors (Lipinski definition) is 2. The minimum atomic E-state index is -0.916. The van der Waals surface area contributed by atoms with E-state index in [0.29, 0.717) is 12.8 Å². The van der Waals surface area contributed by atoms with E-state index < -0.39 is 17.5 Å². The van der Waals surface area contributed by atoms with Gasteiger partial charge in [-0.3, -0.25) is 4.79 Å². The van der Waals surface area contributed by atoms with E-state index in [4.69, 9.17) is 0 Å². The highest BCUT2D eigenvalue weighted by molar-refractivity contribution is 5.82. The van der Waals surface area contributed by atoms with Crippen LogP contribution in [0.15, 0.2) is 30.3 Å². The van der Waals surface area contributed by atoms with Gasteiger partial charge < -0.3 is 10.2 Å². The Morgan fingerprint density at radius 3 is 2.44 bits per heavy atom. The molecule has 86 valence electrons. The zero-order valence-corrected chi connectivity index (χ0v) is 9.26. The van der Waals surface area contributed by atoms with E-state index in [1.165, 1.54) is 0 Å². The molecule has 2 N–H and O–H groups in total. The smallest absolute Gasteiger partial charge is 0.314 e. The fraction of sp³-hybridized carbons (Fsp3) is 0.462. The van der Waals surface area contributed by atoms with E-state index in [2.05, 4.69) is 0 Å². The van der Waals surface area contributed by atoms with Gasteiger partial charge in [0.1, 0.15) is 0 Å². The number of carboxylic acid groups (broad SMARTS) is 1. The molecule has 1 aromatic carbocycles. The highest BCUT2D eigenvalue weighted by Crippen LogP contribution is 2.45. The van der Waals surface area contributed by atoms with Gasteiger partial charge in [0.05, 0.1) is 11.5 Å². The van der Waals surface area contributed by atoms with Crippen molar-refractivity contribution in [1.82, 2.24) is 0 Å². The van der Waals surface area contributed by atoms with Crippen molar-refractivity contribution < 1.29 is 15.0 Å². The molecule has 0 spiro atoms. The van der Waals surface area contributed by atoms with Gasteiger partial charge >= 0.3 is 5.97 Å². The van der Waals surface area contributed by atoms with Crippen molar-refractivity contribution in [2.75, 3.05) is 0 Å². The van der Waals surface area contributed by atoms with Gasteiger partial charge in [0.25, 0.3) is 0 Å². The van der Waals surface area contributed by atoms with E-state index in [1.54, 1.807) is 0 Å². The summed E-state index contributed by atoms with van der Waals surface area (Å²) < 4.78 is 0. The van der Waals surface area contributed by atoms with Gasteiger partial charge in [-0.15, -0.1) is 0 Å². The summed E-state index contributed by atoms with van der Waals surface area (Å²) >= 11 is 0. The molecule has 1 aliphatic rings. The van der Waals surface area contributed by atoms with Crippen LogP contribution in [0.25, 0.3) is 0 Å². The standard InChI is InChI=1S/C13H16O3/c1-9-11(14)7-8-13(9,12(15)16)10-5-3-2-4-6-10/h2-6,9,11,14H,7-8H2,1H3,(H,15,16)/t9-,11-,13-/m1/s1. The molecule has 2 rings (SSSR count). The van der Waals surface area contributed by atoms with E-state index in [1.807, 2.05) is 37.3 Å². The van der Waals surface area contributed by atoms with Gasteiger partial charge in [0.2, 0.25) is 0 Å². The van der Waals surface area contributed by atoms with Crippen LogP contribution in [0, 0.1) is 5.92 Å². The zero-order chi connectivity index (χ0) is 11.8. The van der Waals surface area contributed by atoms with Crippen LogP contribution in [-0.4, -0.2) is 22.3 Å². The summed E-state index contributed by atoms with van der Waals surface area (Å²) in [5.74, 6) is -1.07. The van der Waals surface area contributed by atoms with Gasteiger partial charge in [-0.1, -0.05) is 37.3 Å². The molecule has 0 unspecified atom stereocenters. The second kappa shape index (κ2) is 3.91. The summed E-state index contributed by atoms with van der Waals surface area (Å²) in [5, 5.41) is 19.3. The molecule has 16 heavy (non-hydrogen) atoms. The molecule has 1 aliphatic carbocycles. The van der Waals surface area contributed by atoms with Crippen LogP contribution in [0.2, 0.25) is 0 Å². The van der Waals surface area contributed by atoms with Gasteiger partial charge in [0.15, 0.2) is 0 Å². The van der Waals surface area contributed by atoms with E-state index in [0.717, 1.165) is 5.56 Å². The first-order chi connectivity index (χ1) is 7.59. The molecule has 1 saturated carbocycles. The molecule has 1 aromatic rings. The SMILES string of the molecule is C[C@@H]1[C@H](O)CC[C@]1(C(=O)O)c1ccccc1. The summed E-state index contributed by atoms with van der Waals surface area (Å²) in [6.07, 6.45) is 0.549. The number of aliphatic hydroxyl groups is 1. The molecule has 1 fully saturated rings. The van der Waals surface area contributed by atoms with Crippen molar-refractivity contribution in [1.29, 1.82) is 0 Å². The summed E-state index contributed by atoms with van der Waals surface area (Å²) in [6, 6.07) is 9.23. The lowest BCUT2D eigenvalue weighted by Gasteiger charge is -2.30. The lowest BCUT2D eigenvalue weighted by molar-refractivity contribution is -0.146. The predicted octanol–water partition coefficient (Wildman–Crippen LogP) is 1.80. The van der Waals surface area contributed by atoms with Crippen molar-refractivity contribution in [2.45, 2.75) is 31.3 Å². The average molecular weight is 220 g/mol. The maximum Gasteiger partial charge on any atom is 0.314 e. The Balaban J connectivity index is 2.50. The Morgan fingerprint density at radius 2 is 2.00 bits per heavy atom. The molecule has 3 atom stereocenters. The van der Waals surface area contributed by atoms with Gasteiger partial charge in [-0.25, -0.2) is 0 Å². The topological polar surface area (TPSA) is 57.5 Å². The fourth-order valence-corrected chi connectivity index (χ4v) is 2.75. The average Bonchev–Trinajstić information content (AvgIpc) is 2.59. The molecule has 0 bridgehead atoms. The first kappa shape index (κ1) is 11.1. The van der Waals surface area contributed by atoms with Crippen molar-refractivity contribution in [3.05, 3.63) is 35.9 Å². The normalized spacial score (nSPS) is 33.9. The van der Waals surface area contributed by atoms with Gasteiger partial charge in [0, 0.05) is 5.92 Å². The first-order valence-corrected chi connectivity index (χ1v) is 5.56. The van der Waals surface area contributed by atoms with Crippen molar-refractivity contribution in [3.63, 3.8) is 0 Å². The predicted molar refractivity (Wildman–Crippen MR) is 60.2 cm³/mol. The lowest BCUT2D eigenvalue weighted by Crippen LogP contribution is -2.40. The second-order valence-electron chi connectivity index (χ2n) is 4.54. The van der Waals surface area contributed by atoms with Crippen LogP contribution in [-0.2, 0) is 10.2 Å². The van der Waals surface area contributed by atoms with Crippen LogP contribution in [0.1, 0.15) is 25.3 Å². The van der Waals surface area contributed by atoms with Crippen molar-refractivity contribution in [2.24, 2.45) is 5.92 Å². The third-order valence-corrected chi connectivity index (χ3v) is 3.86. The zero-order valence-electron chi connectivity index (χ0n) is 9.26. The summed E-state index contributed by atoms with van der Waals surface area (Å²) in [4.78, 5) is 11.6. The van der Waals surface area contributed by atoms with Crippen LogP contribution >= 0.6 is 0 Å². The van der Waals surface area contributed by atoms with Crippen LogP contribution in [0.5, 0.6) is 0 Å². The van der Waals surface area contributed by atoms with Gasteiger partial charge in [-0.2, -0.15) is 0 Å². The quantitative estimate of drug-likeness (QED) is 0.799. The maximum absolute atomic E-state index is 11.6. The number of benzene rings is 1. The van der Waals surface area contributed by atoms with Crippen LogP contribution in [0.3, 0.4) is 0 Å². The molecule has 3 heteroatoms. The number of rotatable bonds is 2. The Kier molecular flexibility index (Phi) is 2.72. The van der Waals surface area contributed by atoms with E-state index >= 15 is 0 Å².